The van der Waals surface area contributed by atoms with Gasteiger partial charge in [-0.3, -0.25) is 0 Å². The summed E-state index contributed by atoms with van der Waals surface area (Å²) in [4.78, 5) is 12.9. The number of piperidine rings is 1. The first kappa shape index (κ1) is 12.5. The summed E-state index contributed by atoms with van der Waals surface area (Å²) in [5, 5.41) is 9.22. The zero-order valence-corrected chi connectivity index (χ0v) is 10.5. The van der Waals surface area contributed by atoms with Crippen LogP contribution in [-0.4, -0.2) is 46.8 Å². The van der Waals surface area contributed by atoms with Crippen molar-refractivity contribution in [2.45, 2.75) is 18.9 Å². The number of hydrogen-bond donors (Lipinski definition) is 1. The Hall–Kier alpha value is 0.440. The van der Waals surface area contributed by atoms with Gasteiger partial charge in [0.05, 0.1) is 13.8 Å². The standard InChI is InChI=1S/C6H10B2INO3S/c7-8(9)14-13-6(12)10-3-1-5(11)2-4-10/h5,11H,1-4H2. The molecule has 1 heterocycles. The van der Waals surface area contributed by atoms with Crippen molar-refractivity contribution in [2.75, 3.05) is 13.1 Å². The van der Waals surface area contributed by atoms with Crippen LogP contribution in [0.25, 0.3) is 0 Å². The van der Waals surface area contributed by atoms with Crippen molar-refractivity contribution < 1.29 is 14.1 Å². The Morgan fingerprint density at radius 3 is 2.71 bits per heavy atom. The number of amides is 1. The van der Waals surface area contributed by atoms with Crippen LogP contribution in [-0.2, 0) is 4.18 Å². The third kappa shape index (κ3) is 4.31. The lowest BCUT2D eigenvalue weighted by Crippen LogP contribution is -2.39. The Balaban J connectivity index is 2.24. The van der Waals surface area contributed by atoms with Crippen LogP contribution in [0.4, 0.5) is 4.79 Å². The molecule has 14 heavy (non-hydrogen) atoms. The van der Waals surface area contributed by atoms with Gasteiger partial charge in [-0.05, 0) is 12.8 Å². The number of nitrogens with zero attached hydrogens (tertiary/aromatic N) is 1. The Morgan fingerprint density at radius 2 is 2.21 bits per heavy atom. The van der Waals surface area contributed by atoms with Crippen molar-refractivity contribution in [3.63, 3.8) is 0 Å². The maximum atomic E-state index is 11.4. The van der Waals surface area contributed by atoms with Crippen molar-refractivity contribution in [3.05, 3.63) is 0 Å². The molecule has 0 unspecified atom stereocenters. The number of likely N-dealkylation sites (tertiary alicyclic amines) is 1. The lowest BCUT2D eigenvalue weighted by molar-refractivity contribution is 0.0824. The van der Waals surface area contributed by atoms with Gasteiger partial charge in [0, 0.05) is 25.0 Å². The van der Waals surface area contributed by atoms with E-state index in [4.69, 9.17) is 11.9 Å². The van der Waals surface area contributed by atoms with Gasteiger partial charge in [0.25, 0.3) is 3.74 Å². The molecule has 1 N–H and O–H groups in total. The van der Waals surface area contributed by atoms with E-state index in [0.717, 1.165) is 11.9 Å². The fourth-order valence-corrected chi connectivity index (χ4v) is 1.78. The first-order valence-corrected chi connectivity index (χ1v) is 6.34. The highest BCUT2D eigenvalue weighted by Gasteiger charge is 2.23. The third-order valence-corrected chi connectivity index (χ3v) is 2.98. The van der Waals surface area contributed by atoms with E-state index < -0.39 is 0 Å². The normalized spacial score (nSPS) is 18.0. The van der Waals surface area contributed by atoms with Gasteiger partial charge in [0.15, 0.2) is 0 Å². The average molecular weight is 325 g/mol. The second-order valence-electron chi connectivity index (χ2n) is 3.01. The number of hydrogen-bond acceptors (Lipinski definition) is 4. The molecule has 1 fully saturated rings. The van der Waals surface area contributed by atoms with E-state index in [0.29, 0.717) is 25.9 Å². The zero-order valence-electron chi connectivity index (χ0n) is 7.56. The monoisotopic (exact) mass is 325 g/mol. The lowest BCUT2D eigenvalue weighted by atomic mass is 9.78. The van der Waals surface area contributed by atoms with E-state index in [2.05, 4.69) is 0 Å². The molecule has 0 aliphatic carbocycles. The molecule has 1 rings (SSSR count). The van der Waals surface area contributed by atoms with Gasteiger partial charge in [-0.2, -0.15) is 0 Å². The Bertz CT molecular complexity index is 202. The molecule has 0 spiro atoms. The van der Waals surface area contributed by atoms with E-state index >= 15 is 0 Å². The van der Waals surface area contributed by atoms with E-state index in [1.807, 2.05) is 22.4 Å². The molecule has 8 heteroatoms. The number of rotatable bonds is 2. The SMILES string of the molecule is [B]B(I)SOC(=O)N1CCC(O)CC1. The largest absolute Gasteiger partial charge is 0.421 e. The van der Waals surface area contributed by atoms with Gasteiger partial charge in [-0.15, -0.1) is 22.4 Å². The summed E-state index contributed by atoms with van der Waals surface area (Å²) in [6.07, 6.45) is 0.596. The number of aliphatic hydroxyl groups is 1. The highest BCUT2D eigenvalue weighted by atomic mass is 127. The fraction of sp³-hybridized carbons (Fsp3) is 0.833. The molecule has 1 aliphatic heterocycles. The summed E-state index contributed by atoms with van der Waals surface area (Å²) in [6, 6.07) is 0. The van der Waals surface area contributed by atoms with Crippen LogP contribution in [0, 0.1) is 0 Å². The predicted octanol–water partition coefficient (Wildman–Crippen LogP) is 0.816. The maximum Gasteiger partial charge on any atom is 0.421 e. The van der Waals surface area contributed by atoms with Crippen LogP contribution < -0.4 is 0 Å². The van der Waals surface area contributed by atoms with Gasteiger partial charge in [0.2, 0.25) is 0 Å². The van der Waals surface area contributed by atoms with E-state index in [9.17, 15) is 9.90 Å². The number of halogens is 1. The Kier molecular flexibility index (Phi) is 5.47. The Labute approximate surface area is 103 Å². The van der Waals surface area contributed by atoms with Crippen LogP contribution in [0.1, 0.15) is 12.8 Å². The molecular weight excluding hydrogens is 315 g/mol. The number of carbonyl (C=O) groups excluding carboxylic acids is 1. The van der Waals surface area contributed by atoms with Gasteiger partial charge < -0.3 is 14.2 Å². The molecule has 1 saturated heterocycles. The van der Waals surface area contributed by atoms with Crippen LogP contribution >= 0.6 is 34.3 Å². The minimum atomic E-state index is -0.367. The molecule has 4 nitrogen and oxygen atoms in total. The summed E-state index contributed by atoms with van der Waals surface area (Å²) in [6.45, 7) is 1.11. The summed E-state index contributed by atoms with van der Waals surface area (Å²) >= 11 is 2.90. The van der Waals surface area contributed by atoms with Gasteiger partial charge in [-0.1, -0.05) is 0 Å². The molecule has 0 aromatic rings. The topological polar surface area (TPSA) is 49.8 Å². The molecule has 0 aromatic heterocycles. The zero-order chi connectivity index (χ0) is 10.6. The highest BCUT2D eigenvalue weighted by molar-refractivity contribution is 14.1. The van der Waals surface area contributed by atoms with Crippen LogP contribution in [0.15, 0.2) is 0 Å². The summed E-state index contributed by atoms with van der Waals surface area (Å²) in [7, 11) is 5.41. The van der Waals surface area contributed by atoms with Crippen molar-refractivity contribution in [3.8, 4) is 0 Å². The first-order chi connectivity index (χ1) is 6.59. The molecule has 2 radical (unpaired) electrons. The molecule has 0 aromatic carbocycles. The molecule has 0 atom stereocenters. The second kappa shape index (κ2) is 6.12. The molecule has 76 valence electrons. The second-order valence-corrected chi connectivity index (χ2v) is 6.07. The molecular formula is C6H10B2INO3S. The first-order valence-electron chi connectivity index (χ1n) is 4.29. The van der Waals surface area contributed by atoms with E-state index in [-0.39, 0.29) is 15.9 Å². The van der Waals surface area contributed by atoms with Crippen molar-refractivity contribution in [2.24, 2.45) is 0 Å². The molecule has 1 amide bonds. The maximum absolute atomic E-state index is 11.4. The van der Waals surface area contributed by atoms with Gasteiger partial charge in [-0.25, -0.2) is 4.79 Å². The smallest absolute Gasteiger partial charge is 0.393 e. The average Bonchev–Trinajstić information content (AvgIpc) is 2.15. The van der Waals surface area contributed by atoms with Crippen LogP contribution in [0.2, 0.25) is 0 Å². The molecule has 0 saturated carbocycles. The lowest BCUT2D eigenvalue weighted by Gasteiger charge is -2.28. The molecule has 1 aliphatic rings. The van der Waals surface area contributed by atoms with E-state index in [1.165, 1.54) is 0 Å². The van der Waals surface area contributed by atoms with Crippen LogP contribution in [0.3, 0.4) is 0 Å². The third-order valence-electron chi connectivity index (χ3n) is 1.93. The van der Waals surface area contributed by atoms with Gasteiger partial charge >= 0.3 is 6.09 Å². The van der Waals surface area contributed by atoms with Crippen molar-refractivity contribution >= 4 is 51.8 Å². The Morgan fingerprint density at radius 1 is 1.64 bits per heavy atom. The quantitative estimate of drug-likeness (QED) is 0.464. The molecule has 0 bridgehead atoms. The fourth-order valence-electron chi connectivity index (χ4n) is 1.19. The van der Waals surface area contributed by atoms with Gasteiger partial charge in [0.1, 0.15) is 0 Å². The minimum absolute atomic E-state index is 0.244. The van der Waals surface area contributed by atoms with Crippen LogP contribution in [0.5, 0.6) is 0 Å². The van der Waals surface area contributed by atoms with Crippen molar-refractivity contribution in [1.82, 2.24) is 4.90 Å². The van der Waals surface area contributed by atoms with Crippen molar-refractivity contribution in [1.29, 1.82) is 0 Å². The number of carbonyl (C=O) groups is 1. The number of aliphatic hydroxyl groups excluding tert-OH is 1. The summed E-state index contributed by atoms with van der Waals surface area (Å²) in [5.74, 6) is 0. The van der Waals surface area contributed by atoms with E-state index in [1.54, 1.807) is 4.90 Å². The summed E-state index contributed by atoms with van der Waals surface area (Å²) in [5.41, 5.74) is 0. The minimum Gasteiger partial charge on any atom is -0.393 e. The highest BCUT2D eigenvalue weighted by Crippen LogP contribution is 2.16. The summed E-state index contributed by atoms with van der Waals surface area (Å²) < 4.78 is 4.62. The predicted molar refractivity (Wildman–Crippen MR) is 66.4 cm³/mol.